The van der Waals surface area contributed by atoms with Gasteiger partial charge in [-0.3, -0.25) is 4.90 Å². The van der Waals surface area contributed by atoms with Gasteiger partial charge in [0.15, 0.2) is 0 Å². The van der Waals surface area contributed by atoms with Crippen molar-refractivity contribution in [2.24, 2.45) is 5.41 Å². The number of esters is 1. The fourth-order valence-electron chi connectivity index (χ4n) is 1.79. The second-order valence-electron chi connectivity index (χ2n) is 5.85. The monoisotopic (exact) mass is 259 g/mol. The smallest absolute Gasteiger partial charge is 0.408 e. The number of likely N-dealkylation sites (tertiary alicyclic amines) is 1. The molecule has 1 aliphatic rings. The van der Waals surface area contributed by atoms with Crippen LogP contribution in [0, 0.1) is 5.41 Å². The molecule has 6 heteroatoms. The molecule has 0 saturated carbocycles. The van der Waals surface area contributed by atoms with Gasteiger partial charge in [-0.05, 0) is 18.3 Å². The normalized spacial score (nSPS) is 24.8. The number of carbonyl (C=O) groups is 2. The third-order valence-electron chi connectivity index (χ3n) is 2.72. The van der Waals surface area contributed by atoms with Crippen LogP contribution in [0.1, 0.15) is 33.6 Å². The highest BCUT2D eigenvalue weighted by Gasteiger charge is 2.36. The average Bonchev–Trinajstić information content (AvgIpc) is 2.24. The largest absolute Gasteiger partial charge is 0.465 e. The molecule has 0 radical (unpaired) electrons. The summed E-state index contributed by atoms with van der Waals surface area (Å²) in [5.41, 5.74) is -0.155. The topological polar surface area (TPSA) is 87.1 Å². The molecule has 1 rings (SSSR count). The second-order valence-corrected chi connectivity index (χ2v) is 5.85. The van der Waals surface area contributed by atoms with Crippen LogP contribution >= 0.6 is 0 Å². The molecule has 0 bridgehead atoms. The third kappa shape index (κ3) is 4.18. The SMILES string of the molecule is CC(C)(C)COC(=O)[C@@H]1CC[C@H](O)CN1C(=O)O. The van der Waals surface area contributed by atoms with Crippen LogP contribution in [0.3, 0.4) is 0 Å². The molecular weight excluding hydrogens is 238 g/mol. The number of amides is 1. The zero-order valence-electron chi connectivity index (χ0n) is 11.0. The summed E-state index contributed by atoms with van der Waals surface area (Å²) in [4.78, 5) is 23.8. The lowest BCUT2D eigenvalue weighted by atomic mass is 9.98. The molecule has 18 heavy (non-hydrogen) atoms. The zero-order valence-corrected chi connectivity index (χ0v) is 11.0. The van der Waals surface area contributed by atoms with Gasteiger partial charge in [0.2, 0.25) is 0 Å². The van der Waals surface area contributed by atoms with Crippen LogP contribution in [-0.2, 0) is 9.53 Å². The quantitative estimate of drug-likeness (QED) is 0.724. The minimum atomic E-state index is -1.20. The minimum absolute atomic E-state index is 0.0371. The molecule has 0 aliphatic carbocycles. The molecule has 1 aliphatic heterocycles. The molecule has 2 atom stereocenters. The Morgan fingerprint density at radius 1 is 1.33 bits per heavy atom. The molecule has 0 spiro atoms. The maximum absolute atomic E-state index is 11.9. The van der Waals surface area contributed by atoms with Gasteiger partial charge >= 0.3 is 12.1 Å². The lowest BCUT2D eigenvalue weighted by molar-refractivity contribution is -0.154. The lowest BCUT2D eigenvalue weighted by Crippen LogP contribution is -2.52. The second kappa shape index (κ2) is 5.56. The number of aliphatic hydroxyl groups is 1. The Kier molecular flexibility index (Phi) is 4.56. The Hall–Kier alpha value is -1.30. The van der Waals surface area contributed by atoms with Gasteiger partial charge in [0, 0.05) is 0 Å². The van der Waals surface area contributed by atoms with E-state index >= 15 is 0 Å². The number of carboxylic acid groups (broad SMARTS) is 1. The van der Waals surface area contributed by atoms with Gasteiger partial charge in [-0.15, -0.1) is 0 Å². The van der Waals surface area contributed by atoms with Crippen molar-refractivity contribution >= 4 is 12.1 Å². The van der Waals surface area contributed by atoms with Gasteiger partial charge in [-0.1, -0.05) is 20.8 Å². The van der Waals surface area contributed by atoms with E-state index in [0.29, 0.717) is 12.8 Å². The lowest BCUT2D eigenvalue weighted by Gasteiger charge is -2.34. The first-order valence-electron chi connectivity index (χ1n) is 6.05. The van der Waals surface area contributed by atoms with E-state index in [4.69, 9.17) is 9.84 Å². The van der Waals surface area contributed by atoms with Gasteiger partial charge in [0.1, 0.15) is 6.04 Å². The first-order valence-corrected chi connectivity index (χ1v) is 6.05. The predicted molar refractivity (Wildman–Crippen MR) is 64.2 cm³/mol. The molecule has 0 unspecified atom stereocenters. The highest BCUT2D eigenvalue weighted by Crippen LogP contribution is 2.20. The van der Waals surface area contributed by atoms with Crippen LogP contribution in [0.15, 0.2) is 0 Å². The Morgan fingerprint density at radius 2 is 1.94 bits per heavy atom. The summed E-state index contributed by atoms with van der Waals surface area (Å²) >= 11 is 0. The number of rotatable bonds is 2. The standard InChI is InChI=1S/C12H21NO5/c1-12(2,3)7-18-10(15)9-5-4-8(14)6-13(9)11(16)17/h8-9,14H,4-7H2,1-3H3,(H,16,17)/t8-,9-/m0/s1. The van der Waals surface area contributed by atoms with E-state index in [9.17, 15) is 14.7 Å². The highest BCUT2D eigenvalue weighted by molar-refractivity contribution is 5.81. The molecule has 104 valence electrons. The van der Waals surface area contributed by atoms with Gasteiger partial charge in [0.25, 0.3) is 0 Å². The molecule has 1 fully saturated rings. The molecular formula is C12H21NO5. The summed E-state index contributed by atoms with van der Waals surface area (Å²) in [7, 11) is 0. The van der Waals surface area contributed by atoms with Crippen molar-refractivity contribution in [3.05, 3.63) is 0 Å². The summed E-state index contributed by atoms with van der Waals surface area (Å²) in [6.07, 6.45) is -1.19. The number of piperidine rings is 1. The molecule has 6 nitrogen and oxygen atoms in total. The van der Waals surface area contributed by atoms with Crippen molar-refractivity contribution < 1.29 is 24.5 Å². The fourth-order valence-corrected chi connectivity index (χ4v) is 1.79. The van der Waals surface area contributed by atoms with Gasteiger partial charge in [-0.25, -0.2) is 9.59 Å². The predicted octanol–water partition coefficient (Wildman–Crippen LogP) is 1.08. The van der Waals surface area contributed by atoms with E-state index in [0.717, 1.165) is 4.90 Å². The molecule has 0 aromatic carbocycles. The Bertz CT molecular complexity index is 323. The third-order valence-corrected chi connectivity index (χ3v) is 2.72. The summed E-state index contributed by atoms with van der Waals surface area (Å²) < 4.78 is 5.14. The number of nitrogens with zero attached hydrogens (tertiary/aromatic N) is 1. The fraction of sp³-hybridized carbons (Fsp3) is 0.833. The summed E-state index contributed by atoms with van der Waals surface area (Å²) in [6, 6.07) is -0.798. The molecule has 0 aromatic heterocycles. The Morgan fingerprint density at radius 3 is 2.44 bits per heavy atom. The van der Waals surface area contributed by atoms with Gasteiger partial charge in [-0.2, -0.15) is 0 Å². The van der Waals surface area contributed by atoms with Crippen LogP contribution in [0.25, 0.3) is 0 Å². The molecule has 2 N–H and O–H groups in total. The number of carbonyl (C=O) groups excluding carboxylic acids is 1. The van der Waals surface area contributed by atoms with E-state index in [2.05, 4.69) is 0 Å². The van der Waals surface area contributed by atoms with E-state index in [1.54, 1.807) is 0 Å². The Labute approximate surface area is 107 Å². The van der Waals surface area contributed by atoms with Crippen LogP contribution in [0.2, 0.25) is 0 Å². The Balaban J connectivity index is 2.62. The van der Waals surface area contributed by atoms with Crippen molar-refractivity contribution in [3.63, 3.8) is 0 Å². The maximum atomic E-state index is 11.9. The van der Waals surface area contributed by atoms with Crippen LogP contribution in [0.5, 0.6) is 0 Å². The van der Waals surface area contributed by atoms with Crippen molar-refractivity contribution in [1.82, 2.24) is 4.90 Å². The van der Waals surface area contributed by atoms with Crippen molar-refractivity contribution in [1.29, 1.82) is 0 Å². The maximum Gasteiger partial charge on any atom is 0.408 e. The first-order chi connectivity index (χ1) is 8.20. The zero-order chi connectivity index (χ0) is 13.9. The number of aliphatic hydroxyl groups excluding tert-OH is 1. The van der Waals surface area contributed by atoms with Crippen molar-refractivity contribution in [2.45, 2.75) is 45.8 Å². The molecule has 0 aromatic rings. The van der Waals surface area contributed by atoms with E-state index < -0.39 is 24.2 Å². The van der Waals surface area contributed by atoms with E-state index in [1.807, 2.05) is 20.8 Å². The summed E-state index contributed by atoms with van der Waals surface area (Å²) in [5.74, 6) is -0.528. The number of β-amino-alcohol motifs (C(OH)–C–C–N with tert-alkyl or cyclic N) is 1. The molecule has 1 saturated heterocycles. The number of hydrogen-bond acceptors (Lipinski definition) is 4. The van der Waals surface area contributed by atoms with E-state index in [1.165, 1.54) is 0 Å². The van der Waals surface area contributed by atoms with Crippen LogP contribution < -0.4 is 0 Å². The van der Waals surface area contributed by atoms with Crippen LogP contribution in [0.4, 0.5) is 4.79 Å². The number of hydrogen-bond donors (Lipinski definition) is 2. The van der Waals surface area contributed by atoms with Gasteiger partial charge in [0.05, 0.1) is 19.3 Å². The summed E-state index contributed by atoms with van der Waals surface area (Å²) in [5, 5.41) is 18.4. The highest BCUT2D eigenvalue weighted by atomic mass is 16.5. The average molecular weight is 259 g/mol. The van der Waals surface area contributed by atoms with Crippen molar-refractivity contribution in [2.75, 3.05) is 13.2 Å². The van der Waals surface area contributed by atoms with Crippen molar-refractivity contribution in [3.8, 4) is 0 Å². The number of ether oxygens (including phenoxy) is 1. The minimum Gasteiger partial charge on any atom is -0.465 e. The molecule has 1 heterocycles. The van der Waals surface area contributed by atoms with E-state index in [-0.39, 0.29) is 18.6 Å². The van der Waals surface area contributed by atoms with Crippen LogP contribution in [-0.4, -0.2) is 52.5 Å². The van der Waals surface area contributed by atoms with Gasteiger partial charge < -0.3 is 14.9 Å². The summed E-state index contributed by atoms with van der Waals surface area (Å²) in [6.45, 7) is 6.00. The first kappa shape index (κ1) is 14.8. The molecule has 1 amide bonds.